The number of nitrogens with one attached hydrogen (secondary N) is 1. The minimum absolute atomic E-state index is 0. The van der Waals surface area contributed by atoms with Crippen LogP contribution in [-0.4, -0.2) is 36.0 Å². The second-order valence-corrected chi connectivity index (χ2v) is 8.20. The maximum atomic E-state index is 14.2. The number of likely N-dealkylation sites (tertiary alicyclic amines) is 1. The fourth-order valence-corrected chi connectivity index (χ4v) is 5.00. The fourth-order valence-electron chi connectivity index (χ4n) is 3.87. The quantitative estimate of drug-likeness (QED) is 0.762. The molecule has 2 fully saturated rings. The minimum Gasteiger partial charge on any atom is -0.340 e. The van der Waals surface area contributed by atoms with Gasteiger partial charge in [0.25, 0.3) is 0 Å². The first kappa shape index (κ1) is 20.2. The van der Waals surface area contributed by atoms with E-state index in [4.69, 9.17) is 0 Å². The van der Waals surface area contributed by atoms with Gasteiger partial charge in [0.2, 0.25) is 5.91 Å². The summed E-state index contributed by atoms with van der Waals surface area (Å²) in [6.45, 7) is 1.52. The van der Waals surface area contributed by atoms with Crippen molar-refractivity contribution in [1.82, 2.24) is 10.2 Å². The summed E-state index contributed by atoms with van der Waals surface area (Å²) >= 11 is 1.31. The normalized spacial score (nSPS) is 22.6. The molecule has 27 heavy (non-hydrogen) atoms. The van der Waals surface area contributed by atoms with Crippen molar-refractivity contribution in [2.75, 3.05) is 13.1 Å². The molecule has 3 atom stereocenters. The molecule has 0 spiro atoms. The van der Waals surface area contributed by atoms with Gasteiger partial charge in [-0.2, -0.15) is 0 Å². The molecule has 0 saturated carbocycles. The van der Waals surface area contributed by atoms with Crippen molar-refractivity contribution < 1.29 is 9.18 Å². The van der Waals surface area contributed by atoms with E-state index in [1.165, 1.54) is 24.2 Å². The van der Waals surface area contributed by atoms with Crippen molar-refractivity contribution in [3.63, 3.8) is 0 Å². The first-order chi connectivity index (χ1) is 12.7. The van der Waals surface area contributed by atoms with E-state index in [0.29, 0.717) is 17.0 Å². The molecule has 144 valence electrons. The Morgan fingerprint density at radius 3 is 2.52 bits per heavy atom. The first-order valence-corrected chi connectivity index (χ1v) is 10.1. The lowest BCUT2D eigenvalue weighted by Gasteiger charge is -2.28. The van der Waals surface area contributed by atoms with E-state index in [9.17, 15) is 9.18 Å². The van der Waals surface area contributed by atoms with Crippen molar-refractivity contribution in [2.24, 2.45) is 0 Å². The average molecular weight is 407 g/mol. The molecular formula is C21H24ClFN2OS. The van der Waals surface area contributed by atoms with Gasteiger partial charge in [0.15, 0.2) is 0 Å². The molecule has 3 nitrogen and oxygen atoms in total. The highest BCUT2D eigenvalue weighted by atomic mass is 35.5. The van der Waals surface area contributed by atoms with Gasteiger partial charge in [0.1, 0.15) is 11.1 Å². The first-order valence-electron chi connectivity index (χ1n) is 9.21. The van der Waals surface area contributed by atoms with Crippen molar-refractivity contribution in [3.05, 3.63) is 66.0 Å². The van der Waals surface area contributed by atoms with Gasteiger partial charge in [-0.05, 0) is 37.0 Å². The van der Waals surface area contributed by atoms with Crippen LogP contribution >= 0.6 is 24.2 Å². The number of benzene rings is 2. The summed E-state index contributed by atoms with van der Waals surface area (Å²) in [4.78, 5) is 15.9. The second-order valence-electron chi connectivity index (χ2n) is 7.05. The third kappa shape index (κ3) is 4.65. The molecule has 0 aliphatic carbocycles. The smallest absolute Gasteiger partial charge is 0.240 e. The van der Waals surface area contributed by atoms with Gasteiger partial charge in [-0.15, -0.1) is 24.2 Å². The summed E-state index contributed by atoms with van der Waals surface area (Å²) < 4.78 is 14.2. The zero-order valence-electron chi connectivity index (χ0n) is 15.0. The number of hydrogen-bond acceptors (Lipinski definition) is 3. The highest BCUT2D eigenvalue weighted by Crippen LogP contribution is 2.38. The summed E-state index contributed by atoms with van der Waals surface area (Å²) in [5.41, 5.74) is 0.924. The Balaban J connectivity index is 0.00000210. The molecule has 0 radical (unpaired) electrons. The monoisotopic (exact) mass is 406 g/mol. The zero-order valence-corrected chi connectivity index (χ0v) is 16.6. The van der Waals surface area contributed by atoms with Crippen LogP contribution in [0.25, 0.3) is 0 Å². The molecule has 3 unspecified atom stereocenters. The standard InChI is InChI=1S/C21H23FN2OS.ClH/c22-18-8-4-5-9-19(18)26-20(15-6-2-1-3-7-15)21(25)24-13-12-16-10-11-17(14-24)23-16;/h1-9,16-17,20,23H,10-14H2;1H. The lowest BCUT2D eigenvalue weighted by molar-refractivity contribution is -0.131. The van der Waals surface area contributed by atoms with Crippen LogP contribution in [0.3, 0.4) is 0 Å². The van der Waals surface area contributed by atoms with Crippen LogP contribution in [0.4, 0.5) is 4.39 Å². The van der Waals surface area contributed by atoms with E-state index in [1.54, 1.807) is 12.1 Å². The van der Waals surface area contributed by atoms with Crippen LogP contribution in [0, 0.1) is 5.82 Å². The summed E-state index contributed by atoms with van der Waals surface area (Å²) in [5, 5.41) is 3.19. The van der Waals surface area contributed by atoms with Crippen molar-refractivity contribution in [2.45, 2.75) is 41.5 Å². The Morgan fingerprint density at radius 1 is 1.04 bits per heavy atom. The molecule has 2 aromatic carbocycles. The Morgan fingerprint density at radius 2 is 1.74 bits per heavy atom. The van der Waals surface area contributed by atoms with Crippen molar-refractivity contribution in [1.29, 1.82) is 0 Å². The van der Waals surface area contributed by atoms with Gasteiger partial charge in [-0.1, -0.05) is 42.5 Å². The van der Waals surface area contributed by atoms with Gasteiger partial charge in [0.05, 0.1) is 0 Å². The summed E-state index contributed by atoms with van der Waals surface area (Å²) in [7, 11) is 0. The number of halogens is 2. The number of rotatable bonds is 4. The second kappa shape index (κ2) is 9.09. The number of hydrogen-bond donors (Lipinski definition) is 1. The average Bonchev–Trinajstić information content (AvgIpc) is 3.00. The molecule has 2 aromatic rings. The summed E-state index contributed by atoms with van der Waals surface area (Å²) in [5.74, 6) is -0.193. The highest BCUT2D eigenvalue weighted by Gasteiger charge is 2.34. The number of fused-ring (bicyclic) bond motifs is 2. The Hall–Kier alpha value is -1.56. The Kier molecular flexibility index (Phi) is 6.79. The molecule has 2 aliphatic rings. The van der Waals surface area contributed by atoms with Crippen LogP contribution in [-0.2, 0) is 4.79 Å². The molecule has 1 N–H and O–H groups in total. The Labute approximate surface area is 170 Å². The number of carbonyl (C=O) groups excluding carboxylic acids is 1. The fraction of sp³-hybridized carbons (Fsp3) is 0.381. The third-order valence-electron chi connectivity index (χ3n) is 5.24. The molecule has 2 bridgehead atoms. The number of thioether (sulfide) groups is 1. The third-order valence-corrected chi connectivity index (χ3v) is 6.54. The maximum absolute atomic E-state index is 14.2. The van der Waals surface area contributed by atoms with Gasteiger partial charge in [-0.25, -0.2) is 4.39 Å². The van der Waals surface area contributed by atoms with Crippen LogP contribution in [0.2, 0.25) is 0 Å². The van der Waals surface area contributed by atoms with E-state index < -0.39 is 5.25 Å². The molecule has 6 heteroatoms. The van der Waals surface area contributed by atoms with Crippen molar-refractivity contribution >= 4 is 30.1 Å². The topological polar surface area (TPSA) is 32.3 Å². The van der Waals surface area contributed by atoms with Gasteiger partial charge < -0.3 is 10.2 Å². The molecular weight excluding hydrogens is 383 g/mol. The van der Waals surface area contributed by atoms with Gasteiger partial charge in [0, 0.05) is 30.1 Å². The van der Waals surface area contributed by atoms with Gasteiger partial charge in [-0.3, -0.25) is 4.79 Å². The molecule has 2 saturated heterocycles. The van der Waals surface area contributed by atoms with E-state index in [2.05, 4.69) is 5.32 Å². The van der Waals surface area contributed by atoms with Crippen LogP contribution in [0.5, 0.6) is 0 Å². The molecule has 2 heterocycles. The lowest BCUT2D eigenvalue weighted by atomic mass is 10.1. The van der Waals surface area contributed by atoms with Crippen molar-refractivity contribution in [3.8, 4) is 0 Å². The summed E-state index contributed by atoms with van der Waals surface area (Å²) in [6, 6.07) is 17.3. The molecule has 0 aromatic heterocycles. The van der Waals surface area contributed by atoms with Crippen LogP contribution in [0.15, 0.2) is 59.5 Å². The number of amides is 1. The largest absolute Gasteiger partial charge is 0.340 e. The SMILES string of the molecule is Cl.O=C(C(Sc1ccccc1F)c1ccccc1)N1CCC2CCC(C1)N2. The number of carbonyl (C=O) groups is 1. The molecule has 4 rings (SSSR count). The van der Waals surface area contributed by atoms with E-state index >= 15 is 0 Å². The van der Waals surface area contributed by atoms with Crippen LogP contribution in [0.1, 0.15) is 30.1 Å². The van der Waals surface area contributed by atoms with E-state index in [-0.39, 0.29) is 24.1 Å². The molecule has 2 aliphatic heterocycles. The predicted octanol–water partition coefficient (Wildman–Crippen LogP) is 4.43. The summed E-state index contributed by atoms with van der Waals surface area (Å²) in [6.07, 6.45) is 3.33. The number of nitrogens with zero attached hydrogens (tertiary/aromatic N) is 1. The molecule has 1 amide bonds. The van der Waals surface area contributed by atoms with E-state index in [1.807, 2.05) is 41.3 Å². The maximum Gasteiger partial charge on any atom is 0.240 e. The Bertz CT molecular complexity index is 776. The highest BCUT2D eigenvalue weighted by molar-refractivity contribution is 8.00. The minimum atomic E-state index is -0.426. The van der Waals surface area contributed by atoms with Gasteiger partial charge >= 0.3 is 0 Å². The van der Waals surface area contributed by atoms with Crippen LogP contribution < -0.4 is 5.32 Å². The predicted molar refractivity (Wildman–Crippen MR) is 110 cm³/mol. The lowest BCUT2D eigenvalue weighted by Crippen LogP contribution is -2.40. The zero-order chi connectivity index (χ0) is 17.9. The van der Waals surface area contributed by atoms with E-state index in [0.717, 1.165) is 31.5 Å².